The molecule has 1 aliphatic heterocycles. The van der Waals surface area contributed by atoms with Crippen LogP contribution in [0.5, 0.6) is 0 Å². The first kappa shape index (κ1) is 22.8. The van der Waals surface area contributed by atoms with Crippen LogP contribution in [0.4, 0.5) is 0 Å². The Morgan fingerprint density at radius 3 is 2.53 bits per heavy atom. The van der Waals surface area contributed by atoms with E-state index in [1.807, 2.05) is 18.2 Å². The van der Waals surface area contributed by atoms with Gasteiger partial charge in [0.25, 0.3) is 5.56 Å². The van der Waals surface area contributed by atoms with E-state index in [9.17, 15) is 13.2 Å². The standard InChI is InChI=1S/C23H27ClN4O3S/c1-3-4-5-12-27-21(18-10-13-26(14-11-18)32(2,30)31)15-22(29)28-16-20(25-23(27)28)17-6-8-19(24)9-7-17/h6-10,15-16H,3-5,11-14H2,1-2H3. The molecule has 0 spiro atoms. The zero-order valence-electron chi connectivity index (χ0n) is 18.3. The highest BCUT2D eigenvalue weighted by Crippen LogP contribution is 2.26. The first-order valence-electron chi connectivity index (χ1n) is 10.8. The van der Waals surface area contributed by atoms with E-state index in [1.54, 1.807) is 28.8 Å². The summed E-state index contributed by atoms with van der Waals surface area (Å²) in [6, 6.07) is 9.04. The number of rotatable bonds is 7. The molecular formula is C23H27ClN4O3S. The molecule has 7 nitrogen and oxygen atoms in total. The third-order valence-corrected chi connectivity index (χ3v) is 7.33. The summed E-state index contributed by atoms with van der Waals surface area (Å²) in [5.74, 6) is 0.597. The molecule has 0 saturated heterocycles. The Bertz CT molecular complexity index is 1320. The molecular weight excluding hydrogens is 448 g/mol. The molecule has 1 aromatic carbocycles. The van der Waals surface area contributed by atoms with Crippen LogP contribution in [0.25, 0.3) is 22.6 Å². The van der Waals surface area contributed by atoms with Gasteiger partial charge in [0.05, 0.1) is 17.6 Å². The van der Waals surface area contributed by atoms with Gasteiger partial charge in [-0.1, -0.05) is 49.6 Å². The number of imidazole rings is 1. The zero-order chi connectivity index (χ0) is 22.9. The first-order chi connectivity index (χ1) is 15.3. The minimum atomic E-state index is -3.24. The van der Waals surface area contributed by atoms with E-state index >= 15 is 0 Å². The fourth-order valence-electron chi connectivity index (χ4n) is 4.05. The minimum absolute atomic E-state index is 0.152. The lowest BCUT2D eigenvalue weighted by molar-refractivity contribution is 0.445. The lowest BCUT2D eigenvalue weighted by atomic mass is 10.0. The van der Waals surface area contributed by atoms with Crippen LogP contribution in [-0.2, 0) is 16.6 Å². The van der Waals surface area contributed by atoms with Gasteiger partial charge in [0.1, 0.15) is 0 Å². The van der Waals surface area contributed by atoms with Crippen LogP contribution in [0, 0.1) is 0 Å². The van der Waals surface area contributed by atoms with Gasteiger partial charge in [-0.15, -0.1) is 0 Å². The van der Waals surface area contributed by atoms with E-state index in [0.717, 1.165) is 42.6 Å². The molecule has 2 aromatic heterocycles. The number of aryl methyl sites for hydroxylation is 1. The highest BCUT2D eigenvalue weighted by Gasteiger charge is 2.23. The molecule has 9 heteroatoms. The molecule has 0 unspecified atom stereocenters. The van der Waals surface area contributed by atoms with Gasteiger partial charge < -0.3 is 4.57 Å². The van der Waals surface area contributed by atoms with E-state index in [2.05, 4.69) is 11.5 Å². The lowest BCUT2D eigenvalue weighted by Gasteiger charge is -2.26. The molecule has 0 amide bonds. The summed E-state index contributed by atoms with van der Waals surface area (Å²) in [6.07, 6.45) is 8.58. The summed E-state index contributed by atoms with van der Waals surface area (Å²) >= 11 is 6.02. The number of halogens is 1. The number of benzene rings is 1. The number of unbranched alkanes of at least 4 members (excludes halogenated alkanes) is 2. The highest BCUT2D eigenvalue weighted by molar-refractivity contribution is 7.88. The van der Waals surface area contributed by atoms with Gasteiger partial charge in [0.15, 0.2) is 0 Å². The summed E-state index contributed by atoms with van der Waals surface area (Å²) < 4.78 is 28.9. The number of nitrogens with zero attached hydrogens (tertiary/aromatic N) is 4. The fourth-order valence-corrected chi connectivity index (χ4v) is 4.94. The van der Waals surface area contributed by atoms with Crippen LogP contribution in [0.1, 0.15) is 38.3 Å². The summed E-state index contributed by atoms with van der Waals surface area (Å²) in [4.78, 5) is 17.8. The molecule has 0 N–H and O–H groups in total. The Kier molecular flexibility index (Phi) is 6.55. The van der Waals surface area contributed by atoms with E-state index in [1.165, 1.54) is 10.6 Å². The Morgan fingerprint density at radius 1 is 1.16 bits per heavy atom. The maximum atomic E-state index is 13.0. The van der Waals surface area contributed by atoms with Crippen molar-refractivity contribution < 1.29 is 8.42 Å². The minimum Gasteiger partial charge on any atom is -0.311 e. The zero-order valence-corrected chi connectivity index (χ0v) is 19.9. The average Bonchev–Trinajstić information content (AvgIpc) is 3.21. The van der Waals surface area contributed by atoms with Crippen molar-refractivity contribution >= 4 is 33.0 Å². The van der Waals surface area contributed by atoms with E-state index in [-0.39, 0.29) is 5.56 Å². The van der Waals surface area contributed by atoms with Gasteiger partial charge in [-0.2, -0.15) is 4.31 Å². The van der Waals surface area contributed by atoms with Gasteiger partial charge in [-0.05, 0) is 30.5 Å². The fraction of sp³-hybridized carbons (Fsp3) is 0.391. The van der Waals surface area contributed by atoms with Crippen molar-refractivity contribution in [2.24, 2.45) is 0 Å². The van der Waals surface area contributed by atoms with Crippen molar-refractivity contribution in [1.29, 1.82) is 0 Å². The predicted molar refractivity (Wildman–Crippen MR) is 128 cm³/mol. The van der Waals surface area contributed by atoms with E-state index in [4.69, 9.17) is 16.6 Å². The SMILES string of the molecule is CCCCCn1c(C2=CCN(S(C)(=O)=O)CC2)cc(=O)n2cc(-c3ccc(Cl)cc3)nc12. The Balaban J connectivity index is 1.82. The van der Waals surface area contributed by atoms with Gasteiger partial charge >= 0.3 is 0 Å². The number of aromatic nitrogens is 3. The quantitative estimate of drug-likeness (QED) is 0.484. The maximum absolute atomic E-state index is 13.0. The molecule has 0 bridgehead atoms. The van der Waals surface area contributed by atoms with Crippen molar-refractivity contribution in [2.45, 2.75) is 39.2 Å². The number of hydrogen-bond acceptors (Lipinski definition) is 4. The van der Waals surface area contributed by atoms with Crippen LogP contribution in [0.2, 0.25) is 5.02 Å². The molecule has 170 valence electrons. The van der Waals surface area contributed by atoms with E-state index < -0.39 is 10.0 Å². The number of hydrogen-bond donors (Lipinski definition) is 0. The topological polar surface area (TPSA) is 76.7 Å². The molecule has 3 heterocycles. The van der Waals surface area contributed by atoms with Gasteiger partial charge in [0, 0.05) is 42.5 Å². The van der Waals surface area contributed by atoms with Gasteiger partial charge in [-0.25, -0.2) is 13.4 Å². The molecule has 0 fully saturated rings. The smallest absolute Gasteiger partial charge is 0.259 e. The second kappa shape index (κ2) is 9.21. The third-order valence-electron chi connectivity index (χ3n) is 5.81. The van der Waals surface area contributed by atoms with Crippen molar-refractivity contribution in [3.05, 3.63) is 63.7 Å². The normalized spacial score (nSPS) is 15.3. The van der Waals surface area contributed by atoms with Crippen molar-refractivity contribution in [3.63, 3.8) is 0 Å². The molecule has 0 aliphatic carbocycles. The molecule has 4 rings (SSSR count). The lowest BCUT2D eigenvalue weighted by Crippen LogP contribution is -2.34. The molecule has 0 atom stereocenters. The van der Waals surface area contributed by atoms with E-state index in [0.29, 0.717) is 36.0 Å². The van der Waals surface area contributed by atoms with Crippen LogP contribution in [-0.4, -0.2) is 46.0 Å². The van der Waals surface area contributed by atoms with Crippen molar-refractivity contribution in [2.75, 3.05) is 19.3 Å². The van der Waals surface area contributed by atoms with Crippen LogP contribution >= 0.6 is 11.6 Å². The van der Waals surface area contributed by atoms with Crippen molar-refractivity contribution in [1.82, 2.24) is 18.3 Å². The summed E-state index contributed by atoms with van der Waals surface area (Å²) in [5, 5.41) is 0.645. The molecule has 0 saturated carbocycles. The maximum Gasteiger partial charge on any atom is 0.259 e. The summed E-state index contributed by atoms with van der Waals surface area (Å²) in [6.45, 7) is 3.60. The highest BCUT2D eigenvalue weighted by atomic mass is 35.5. The molecule has 3 aromatic rings. The van der Waals surface area contributed by atoms with Crippen LogP contribution in [0.3, 0.4) is 0 Å². The number of fused-ring (bicyclic) bond motifs is 1. The van der Waals surface area contributed by atoms with Gasteiger partial charge in [-0.3, -0.25) is 9.20 Å². The molecule has 0 radical (unpaired) electrons. The predicted octanol–water partition coefficient (Wildman–Crippen LogP) is 4.06. The molecule has 1 aliphatic rings. The average molecular weight is 475 g/mol. The Hall–Kier alpha value is -2.42. The largest absolute Gasteiger partial charge is 0.311 e. The van der Waals surface area contributed by atoms with Crippen LogP contribution < -0.4 is 5.56 Å². The number of sulfonamides is 1. The van der Waals surface area contributed by atoms with Crippen LogP contribution in [0.15, 0.2) is 47.4 Å². The van der Waals surface area contributed by atoms with Gasteiger partial charge in [0.2, 0.25) is 15.8 Å². The summed E-state index contributed by atoms with van der Waals surface area (Å²) in [5.41, 5.74) is 3.25. The summed E-state index contributed by atoms with van der Waals surface area (Å²) in [7, 11) is -3.24. The Morgan fingerprint density at radius 2 is 1.91 bits per heavy atom. The second-order valence-electron chi connectivity index (χ2n) is 8.13. The first-order valence-corrected chi connectivity index (χ1v) is 13.0. The van der Waals surface area contributed by atoms with Crippen molar-refractivity contribution in [3.8, 4) is 11.3 Å². The molecule has 32 heavy (non-hydrogen) atoms. The monoisotopic (exact) mass is 474 g/mol. The Labute approximate surface area is 193 Å². The third kappa shape index (κ3) is 4.67. The second-order valence-corrected chi connectivity index (χ2v) is 10.5.